The number of nitrogens with zero attached hydrogens (tertiary/aromatic N) is 4. The number of hydrogen-bond acceptors (Lipinski definition) is 8. The first-order chi connectivity index (χ1) is 20.6. The number of thioether (sulfide) groups is 1. The van der Waals surface area contributed by atoms with Crippen LogP contribution in [0, 0.1) is 5.92 Å². The van der Waals surface area contributed by atoms with E-state index in [0.717, 1.165) is 33.4 Å². The van der Waals surface area contributed by atoms with Crippen molar-refractivity contribution >= 4 is 52.5 Å². The quantitative estimate of drug-likeness (QED) is 0.167. The van der Waals surface area contributed by atoms with Crippen molar-refractivity contribution in [1.29, 1.82) is 0 Å². The smallest absolute Gasteiger partial charge is 0.272 e. The molecule has 226 valence electrons. The zero-order valence-corrected chi connectivity index (χ0v) is 26.4. The molecule has 9 nitrogen and oxygen atoms in total. The zero-order valence-electron chi connectivity index (χ0n) is 23.4. The van der Waals surface area contributed by atoms with Crippen LogP contribution in [0.5, 0.6) is 0 Å². The van der Waals surface area contributed by atoms with Gasteiger partial charge in [0.15, 0.2) is 6.29 Å². The maximum atomic E-state index is 12.0. The highest BCUT2D eigenvalue weighted by Gasteiger charge is 2.38. The van der Waals surface area contributed by atoms with Crippen molar-refractivity contribution in [3.63, 3.8) is 0 Å². The van der Waals surface area contributed by atoms with Crippen LogP contribution in [0.3, 0.4) is 0 Å². The standard InChI is InChI=1S/C30H30Cl3N5O4S/c1-18-25(17-43-29-35-36-37-38(29)2)41-27(42-26(18)21-11-9-19(16-39)10-12-21)24-8-4-7-23(14-24)22-6-3-5-20(13-22)15-34-28(40)30(31,32)33/h3-14,18,25-27,39H,15-17H2,1-2H3,(H,34,40)/t18-,25+,26+,27+/m0/s1. The summed E-state index contributed by atoms with van der Waals surface area (Å²) in [4.78, 5) is 12.0. The molecule has 0 bridgehead atoms. The van der Waals surface area contributed by atoms with E-state index < -0.39 is 16.0 Å². The molecule has 2 heterocycles. The van der Waals surface area contributed by atoms with Crippen LogP contribution in [0.15, 0.2) is 78.0 Å². The van der Waals surface area contributed by atoms with Crippen molar-refractivity contribution in [1.82, 2.24) is 25.5 Å². The molecule has 1 saturated heterocycles. The monoisotopic (exact) mass is 661 g/mol. The predicted molar refractivity (Wildman–Crippen MR) is 167 cm³/mol. The number of carbonyl (C=O) groups excluding carboxylic acids is 1. The Morgan fingerprint density at radius 2 is 1.72 bits per heavy atom. The van der Waals surface area contributed by atoms with E-state index in [-0.39, 0.29) is 31.3 Å². The summed E-state index contributed by atoms with van der Waals surface area (Å²) in [6.45, 7) is 2.31. The molecule has 1 aliphatic rings. The number of aliphatic hydroxyl groups is 1. The third-order valence-electron chi connectivity index (χ3n) is 7.21. The number of halogens is 3. The van der Waals surface area contributed by atoms with Crippen LogP contribution in [0.2, 0.25) is 0 Å². The van der Waals surface area contributed by atoms with E-state index in [1.54, 1.807) is 11.7 Å². The van der Waals surface area contributed by atoms with Crippen LogP contribution in [0.25, 0.3) is 11.1 Å². The Bertz CT molecular complexity index is 1550. The number of benzene rings is 3. The van der Waals surface area contributed by atoms with Gasteiger partial charge in [-0.25, -0.2) is 4.68 Å². The van der Waals surface area contributed by atoms with E-state index in [1.165, 1.54) is 11.8 Å². The minimum absolute atomic E-state index is 0.0210. The summed E-state index contributed by atoms with van der Waals surface area (Å²) in [7, 11) is 1.81. The van der Waals surface area contributed by atoms with Crippen LogP contribution >= 0.6 is 46.6 Å². The van der Waals surface area contributed by atoms with Crippen molar-refractivity contribution in [2.45, 2.75) is 47.5 Å². The van der Waals surface area contributed by atoms with Gasteiger partial charge in [-0.15, -0.1) is 5.10 Å². The first-order valence-electron chi connectivity index (χ1n) is 13.5. The molecule has 4 atom stereocenters. The number of amides is 1. The second kappa shape index (κ2) is 13.9. The maximum absolute atomic E-state index is 12.0. The molecule has 1 aliphatic heterocycles. The molecule has 2 N–H and O–H groups in total. The van der Waals surface area contributed by atoms with Gasteiger partial charge < -0.3 is 19.9 Å². The van der Waals surface area contributed by atoms with Crippen LogP contribution in [-0.2, 0) is 34.5 Å². The lowest BCUT2D eigenvalue weighted by atomic mass is 9.91. The van der Waals surface area contributed by atoms with Gasteiger partial charge >= 0.3 is 0 Å². The van der Waals surface area contributed by atoms with Gasteiger partial charge in [-0.2, -0.15) is 0 Å². The third-order valence-corrected chi connectivity index (χ3v) is 8.83. The number of aryl methyl sites for hydroxylation is 1. The molecule has 3 aromatic carbocycles. The molecule has 0 aliphatic carbocycles. The van der Waals surface area contributed by atoms with Gasteiger partial charge in [0.1, 0.15) is 0 Å². The van der Waals surface area contributed by atoms with E-state index in [2.05, 4.69) is 27.8 Å². The van der Waals surface area contributed by atoms with E-state index in [4.69, 9.17) is 44.3 Å². The lowest BCUT2D eigenvalue weighted by molar-refractivity contribution is -0.268. The molecule has 1 fully saturated rings. The fourth-order valence-corrected chi connectivity index (χ4v) is 6.03. The molecule has 13 heteroatoms. The van der Waals surface area contributed by atoms with Crippen molar-refractivity contribution in [2.75, 3.05) is 5.75 Å². The van der Waals surface area contributed by atoms with Gasteiger partial charge in [-0.05, 0) is 50.4 Å². The Hall–Kier alpha value is -2.70. The van der Waals surface area contributed by atoms with Crippen LogP contribution in [0.4, 0.5) is 0 Å². The molecule has 0 spiro atoms. The highest BCUT2D eigenvalue weighted by molar-refractivity contribution is 7.99. The van der Waals surface area contributed by atoms with Gasteiger partial charge in [-0.1, -0.05) is 114 Å². The summed E-state index contributed by atoms with van der Waals surface area (Å²) >= 11 is 18.6. The Morgan fingerprint density at radius 3 is 2.40 bits per heavy atom. The Balaban J connectivity index is 1.39. The lowest BCUT2D eigenvalue weighted by Gasteiger charge is -2.41. The summed E-state index contributed by atoms with van der Waals surface area (Å²) in [6, 6.07) is 23.6. The first-order valence-corrected chi connectivity index (χ1v) is 15.6. The molecule has 1 amide bonds. The van der Waals surface area contributed by atoms with E-state index in [0.29, 0.717) is 10.9 Å². The largest absolute Gasteiger partial charge is 0.392 e. The molecule has 1 aromatic heterocycles. The summed E-state index contributed by atoms with van der Waals surface area (Å²) in [5, 5.41) is 24.6. The molecule has 0 unspecified atom stereocenters. The zero-order chi connectivity index (χ0) is 30.6. The SMILES string of the molecule is C[C@H]1[C@@H](CSc2nnnn2C)O[C@@H](c2cccc(-c3cccc(CNC(=O)C(Cl)(Cl)Cl)c3)c2)O[C@H]1c1ccc(CO)cc1. The molecule has 0 radical (unpaired) electrons. The number of rotatable bonds is 9. The summed E-state index contributed by atoms with van der Waals surface area (Å²) in [6.07, 6.45) is -1.05. The number of nitrogens with one attached hydrogen (secondary N) is 1. The molecule has 5 rings (SSSR count). The van der Waals surface area contributed by atoms with Crippen molar-refractivity contribution < 1.29 is 19.4 Å². The maximum Gasteiger partial charge on any atom is 0.272 e. The number of alkyl halides is 3. The minimum atomic E-state index is -2.02. The number of aromatic nitrogens is 4. The van der Waals surface area contributed by atoms with Crippen molar-refractivity contribution in [3.8, 4) is 11.1 Å². The van der Waals surface area contributed by atoms with Crippen LogP contribution < -0.4 is 5.32 Å². The summed E-state index contributed by atoms with van der Waals surface area (Å²) < 4.78 is 12.8. The third kappa shape index (κ3) is 7.88. The lowest BCUT2D eigenvalue weighted by Crippen LogP contribution is -2.38. The Labute approximate surface area is 268 Å². The van der Waals surface area contributed by atoms with E-state index >= 15 is 0 Å². The number of aliphatic hydroxyl groups excluding tert-OH is 1. The van der Waals surface area contributed by atoms with Gasteiger partial charge in [0.2, 0.25) is 5.16 Å². The minimum Gasteiger partial charge on any atom is -0.392 e. The van der Waals surface area contributed by atoms with E-state index in [9.17, 15) is 9.90 Å². The molecule has 0 saturated carbocycles. The van der Waals surface area contributed by atoms with E-state index in [1.807, 2.05) is 72.8 Å². The fraction of sp³-hybridized carbons (Fsp3) is 0.333. The van der Waals surface area contributed by atoms with Crippen LogP contribution in [-0.4, -0.2) is 46.9 Å². The van der Waals surface area contributed by atoms with Gasteiger partial charge in [0.05, 0.1) is 18.8 Å². The first kappa shape index (κ1) is 31.7. The summed E-state index contributed by atoms with van der Waals surface area (Å²) in [5.74, 6) is -0.0376. The molecular weight excluding hydrogens is 633 g/mol. The van der Waals surface area contributed by atoms with Gasteiger partial charge in [-0.3, -0.25) is 4.79 Å². The average molecular weight is 663 g/mol. The highest BCUT2D eigenvalue weighted by Crippen LogP contribution is 2.43. The number of carbonyl (C=O) groups is 1. The van der Waals surface area contributed by atoms with Gasteiger partial charge in [0.25, 0.3) is 9.70 Å². The van der Waals surface area contributed by atoms with Crippen molar-refractivity contribution in [3.05, 3.63) is 95.1 Å². The number of hydrogen-bond donors (Lipinski definition) is 2. The van der Waals surface area contributed by atoms with Crippen molar-refractivity contribution in [2.24, 2.45) is 13.0 Å². The number of ether oxygens (including phenoxy) is 2. The second-order valence-electron chi connectivity index (χ2n) is 10.2. The topological polar surface area (TPSA) is 111 Å². The summed E-state index contributed by atoms with van der Waals surface area (Å²) in [5.41, 5.74) is 5.47. The fourth-order valence-electron chi connectivity index (χ4n) is 4.82. The number of tetrazole rings is 1. The van der Waals surface area contributed by atoms with Gasteiger partial charge in [0, 0.05) is 30.8 Å². The average Bonchev–Trinajstić information content (AvgIpc) is 3.43. The molecule has 4 aromatic rings. The predicted octanol–water partition coefficient (Wildman–Crippen LogP) is 5.94. The normalized spacial score (nSPS) is 20.6. The van der Waals surface area contributed by atoms with Crippen LogP contribution in [0.1, 0.15) is 41.6 Å². The molecule has 43 heavy (non-hydrogen) atoms. The Kier molecular flexibility index (Phi) is 10.3. The highest BCUT2D eigenvalue weighted by atomic mass is 35.6. The molecular formula is C30H30Cl3N5O4S. The second-order valence-corrected chi connectivity index (χ2v) is 13.5. The Morgan fingerprint density at radius 1 is 1.00 bits per heavy atom.